The summed E-state index contributed by atoms with van der Waals surface area (Å²) in [6.07, 6.45) is 8.53. The second-order valence-corrected chi connectivity index (χ2v) is 3.75. The van der Waals surface area contributed by atoms with E-state index >= 15 is 0 Å². The van der Waals surface area contributed by atoms with Crippen molar-refractivity contribution in [2.45, 2.75) is 59.3 Å². The SMILES string of the molecule is CC#CC(=O)C=C(CCCC)CCCC. The third-order valence-corrected chi connectivity index (χ3v) is 2.29. The Morgan fingerprint density at radius 3 is 2.07 bits per heavy atom. The number of rotatable bonds is 7. The lowest BCUT2D eigenvalue weighted by Crippen LogP contribution is -1.93. The molecule has 0 rings (SSSR count). The fourth-order valence-corrected chi connectivity index (χ4v) is 1.42. The van der Waals surface area contributed by atoms with Crippen molar-refractivity contribution in [3.63, 3.8) is 0 Å². The average Bonchev–Trinajstić information content (AvgIpc) is 2.22. The van der Waals surface area contributed by atoms with E-state index in [2.05, 4.69) is 25.7 Å². The quantitative estimate of drug-likeness (QED) is 0.351. The minimum Gasteiger partial charge on any atom is -0.280 e. The van der Waals surface area contributed by atoms with Gasteiger partial charge in [0, 0.05) is 0 Å². The number of carbonyl (C=O) groups is 1. The fraction of sp³-hybridized carbons (Fsp3) is 0.643. The molecular formula is C14H22O. The van der Waals surface area contributed by atoms with Crippen LogP contribution in [-0.4, -0.2) is 5.78 Å². The summed E-state index contributed by atoms with van der Waals surface area (Å²) in [5.74, 6) is 5.16. The summed E-state index contributed by atoms with van der Waals surface area (Å²) < 4.78 is 0. The standard InChI is InChI=1S/C14H22O/c1-4-7-10-13(11-8-5-2)12-14(15)9-6-3/h12H,4-5,7-8,10-11H2,1-3H3. The molecule has 15 heavy (non-hydrogen) atoms. The number of carbonyl (C=O) groups excluding carboxylic acids is 1. The minimum atomic E-state index is -0.0419. The van der Waals surface area contributed by atoms with Crippen LogP contribution >= 0.6 is 0 Å². The van der Waals surface area contributed by atoms with Crippen LogP contribution in [0.15, 0.2) is 11.6 Å². The first-order valence-electron chi connectivity index (χ1n) is 5.90. The molecule has 1 heteroatoms. The summed E-state index contributed by atoms with van der Waals surface area (Å²) >= 11 is 0. The molecule has 0 aliphatic carbocycles. The molecule has 0 aliphatic rings. The highest BCUT2D eigenvalue weighted by Gasteiger charge is 1.99. The average molecular weight is 206 g/mol. The lowest BCUT2D eigenvalue weighted by atomic mass is 10.0. The first kappa shape index (κ1) is 14.0. The van der Waals surface area contributed by atoms with E-state index in [-0.39, 0.29) is 5.78 Å². The Morgan fingerprint density at radius 2 is 1.67 bits per heavy atom. The minimum absolute atomic E-state index is 0.0419. The van der Waals surface area contributed by atoms with E-state index in [1.165, 1.54) is 31.3 Å². The highest BCUT2D eigenvalue weighted by Crippen LogP contribution is 2.14. The van der Waals surface area contributed by atoms with E-state index < -0.39 is 0 Å². The first-order valence-corrected chi connectivity index (χ1v) is 5.90. The highest BCUT2D eigenvalue weighted by molar-refractivity contribution is 6.04. The largest absolute Gasteiger partial charge is 0.280 e. The lowest BCUT2D eigenvalue weighted by Gasteiger charge is -2.04. The zero-order valence-corrected chi connectivity index (χ0v) is 10.2. The molecule has 0 saturated carbocycles. The van der Waals surface area contributed by atoms with E-state index in [9.17, 15) is 4.79 Å². The summed E-state index contributed by atoms with van der Waals surface area (Å²) in [6.45, 7) is 6.04. The summed E-state index contributed by atoms with van der Waals surface area (Å²) in [5.41, 5.74) is 1.27. The van der Waals surface area contributed by atoms with Gasteiger partial charge in [0.15, 0.2) is 0 Å². The van der Waals surface area contributed by atoms with Gasteiger partial charge >= 0.3 is 0 Å². The van der Waals surface area contributed by atoms with Crippen molar-refractivity contribution in [2.75, 3.05) is 0 Å². The second kappa shape index (κ2) is 9.52. The Balaban J connectivity index is 4.29. The van der Waals surface area contributed by atoms with Crippen LogP contribution in [0.5, 0.6) is 0 Å². The van der Waals surface area contributed by atoms with Gasteiger partial charge in [0.05, 0.1) is 0 Å². The molecule has 0 amide bonds. The summed E-state index contributed by atoms with van der Waals surface area (Å²) in [4.78, 5) is 11.3. The lowest BCUT2D eigenvalue weighted by molar-refractivity contribution is -0.109. The zero-order chi connectivity index (χ0) is 11.5. The number of hydrogen-bond acceptors (Lipinski definition) is 1. The Kier molecular flexibility index (Phi) is 8.87. The van der Waals surface area contributed by atoms with Crippen LogP contribution < -0.4 is 0 Å². The Labute approximate surface area is 94.0 Å². The van der Waals surface area contributed by atoms with Gasteiger partial charge in [-0.3, -0.25) is 4.79 Å². The molecule has 0 aromatic rings. The topological polar surface area (TPSA) is 17.1 Å². The molecule has 0 unspecified atom stereocenters. The summed E-state index contributed by atoms with van der Waals surface area (Å²) in [6, 6.07) is 0. The van der Waals surface area contributed by atoms with E-state index in [0.717, 1.165) is 12.8 Å². The van der Waals surface area contributed by atoms with Crippen LogP contribution in [0.4, 0.5) is 0 Å². The van der Waals surface area contributed by atoms with Crippen LogP contribution in [0.2, 0.25) is 0 Å². The molecule has 0 atom stereocenters. The van der Waals surface area contributed by atoms with Crippen molar-refractivity contribution in [1.29, 1.82) is 0 Å². The van der Waals surface area contributed by atoms with Crippen LogP contribution in [0, 0.1) is 11.8 Å². The van der Waals surface area contributed by atoms with Crippen LogP contribution in [-0.2, 0) is 4.79 Å². The van der Waals surface area contributed by atoms with E-state index in [4.69, 9.17) is 0 Å². The zero-order valence-electron chi connectivity index (χ0n) is 10.2. The van der Waals surface area contributed by atoms with Gasteiger partial charge < -0.3 is 0 Å². The smallest absolute Gasteiger partial charge is 0.228 e. The molecule has 84 valence electrons. The Bertz CT molecular complexity index is 253. The number of ketones is 1. The van der Waals surface area contributed by atoms with Crippen molar-refractivity contribution in [3.8, 4) is 11.8 Å². The Hall–Kier alpha value is -1.03. The van der Waals surface area contributed by atoms with E-state index in [1.54, 1.807) is 13.0 Å². The summed E-state index contributed by atoms with van der Waals surface area (Å²) in [5, 5.41) is 0. The molecule has 0 aliphatic heterocycles. The van der Waals surface area contributed by atoms with Crippen molar-refractivity contribution >= 4 is 5.78 Å². The highest BCUT2D eigenvalue weighted by atomic mass is 16.1. The van der Waals surface area contributed by atoms with E-state index in [1.807, 2.05) is 0 Å². The van der Waals surface area contributed by atoms with E-state index in [0.29, 0.717) is 0 Å². The first-order chi connectivity index (χ1) is 7.24. The maximum absolute atomic E-state index is 11.3. The van der Waals surface area contributed by atoms with Gasteiger partial charge in [0.1, 0.15) is 0 Å². The van der Waals surface area contributed by atoms with Crippen LogP contribution in [0.25, 0.3) is 0 Å². The second-order valence-electron chi connectivity index (χ2n) is 3.75. The molecule has 0 heterocycles. The molecule has 0 aromatic carbocycles. The molecule has 0 radical (unpaired) electrons. The van der Waals surface area contributed by atoms with Gasteiger partial charge in [0.25, 0.3) is 0 Å². The molecule has 0 saturated heterocycles. The number of unbranched alkanes of at least 4 members (excludes halogenated alkanes) is 2. The van der Waals surface area contributed by atoms with Crippen molar-refractivity contribution in [3.05, 3.63) is 11.6 Å². The molecule has 0 spiro atoms. The maximum atomic E-state index is 11.3. The van der Waals surface area contributed by atoms with Gasteiger partial charge in [-0.15, -0.1) is 0 Å². The molecule has 0 fully saturated rings. The number of hydrogen-bond donors (Lipinski definition) is 0. The van der Waals surface area contributed by atoms with Gasteiger partial charge in [0.2, 0.25) is 5.78 Å². The third-order valence-electron chi connectivity index (χ3n) is 2.29. The molecule has 0 bridgehead atoms. The van der Waals surface area contributed by atoms with Gasteiger partial charge in [-0.25, -0.2) is 0 Å². The van der Waals surface area contributed by atoms with Crippen molar-refractivity contribution in [1.82, 2.24) is 0 Å². The Morgan fingerprint density at radius 1 is 1.13 bits per heavy atom. The van der Waals surface area contributed by atoms with Crippen LogP contribution in [0.1, 0.15) is 59.3 Å². The van der Waals surface area contributed by atoms with Crippen molar-refractivity contribution in [2.24, 2.45) is 0 Å². The molecule has 0 aromatic heterocycles. The molecule has 0 N–H and O–H groups in total. The fourth-order valence-electron chi connectivity index (χ4n) is 1.42. The van der Waals surface area contributed by atoms with Crippen LogP contribution in [0.3, 0.4) is 0 Å². The molecule has 1 nitrogen and oxygen atoms in total. The molecular weight excluding hydrogens is 184 g/mol. The maximum Gasteiger partial charge on any atom is 0.228 e. The van der Waals surface area contributed by atoms with Gasteiger partial charge in [-0.2, -0.15) is 0 Å². The summed E-state index contributed by atoms with van der Waals surface area (Å²) in [7, 11) is 0. The number of allylic oxidation sites excluding steroid dienone is 2. The predicted octanol–water partition coefficient (Wildman–Crippen LogP) is 3.89. The van der Waals surface area contributed by atoms with Gasteiger partial charge in [-0.1, -0.05) is 38.2 Å². The van der Waals surface area contributed by atoms with Gasteiger partial charge in [-0.05, 0) is 44.6 Å². The normalized spacial score (nSPS) is 9.00. The third kappa shape index (κ3) is 8.00. The predicted molar refractivity (Wildman–Crippen MR) is 65.6 cm³/mol. The monoisotopic (exact) mass is 206 g/mol. The van der Waals surface area contributed by atoms with Crippen molar-refractivity contribution < 1.29 is 4.79 Å².